The normalized spacial score (nSPS) is 13.8. The van der Waals surface area contributed by atoms with Crippen molar-refractivity contribution in [3.63, 3.8) is 0 Å². The third kappa shape index (κ3) is 5.12. The molecule has 2 heterocycles. The number of anilines is 1. The molecule has 0 saturated heterocycles. The number of carbonyl (C=O) groups excluding carboxylic acids is 1. The molecule has 7 nitrogen and oxygen atoms in total. The maximum Gasteiger partial charge on any atom is 0.258 e. The molecule has 3 aromatic carbocycles. The van der Waals surface area contributed by atoms with Gasteiger partial charge in [-0.05, 0) is 68.3 Å². The number of fused-ring (bicyclic) bond motifs is 1. The molecule has 0 spiro atoms. The molecule has 0 aliphatic carbocycles. The molecule has 202 valence electrons. The number of amides is 1. The summed E-state index contributed by atoms with van der Waals surface area (Å²) in [6, 6.07) is 18.4. The number of aromatic nitrogens is 2. The average Bonchev–Trinajstić information content (AvgIpc) is 3.21. The van der Waals surface area contributed by atoms with Gasteiger partial charge in [0.2, 0.25) is 10.0 Å². The van der Waals surface area contributed by atoms with Crippen molar-refractivity contribution in [3.05, 3.63) is 112 Å². The number of rotatable bonds is 6. The summed E-state index contributed by atoms with van der Waals surface area (Å²) in [6.45, 7) is 6.27. The Morgan fingerprint density at radius 1 is 1.00 bits per heavy atom. The highest BCUT2D eigenvalue weighted by molar-refractivity contribution is 7.89. The summed E-state index contributed by atoms with van der Waals surface area (Å²) in [6.07, 6.45) is 0.513. The van der Waals surface area contributed by atoms with Gasteiger partial charge in [0.1, 0.15) is 5.82 Å². The zero-order valence-electron chi connectivity index (χ0n) is 22.5. The third-order valence-corrected chi connectivity index (χ3v) is 9.36. The van der Waals surface area contributed by atoms with Crippen molar-refractivity contribution in [3.8, 4) is 0 Å². The van der Waals surface area contributed by atoms with E-state index in [-0.39, 0.29) is 19.0 Å². The first-order chi connectivity index (χ1) is 18.6. The minimum Gasteiger partial charge on any atom is -0.302 e. The fraction of sp³-hybridized carbons (Fsp3) is 0.267. The van der Waals surface area contributed by atoms with Crippen molar-refractivity contribution >= 4 is 21.6 Å². The summed E-state index contributed by atoms with van der Waals surface area (Å²) in [5, 5.41) is 4.72. The van der Waals surface area contributed by atoms with Gasteiger partial charge in [0.15, 0.2) is 0 Å². The Labute approximate surface area is 228 Å². The van der Waals surface area contributed by atoms with Gasteiger partial charge in [-0.3, -0.25) is 9.48 Å². The van der Waals surface area contributed by atoms with E-state index in [0.717, 1.165) is 27.9 Å². The van der Waals surface area contributed by atoms with Crippen LogP contribution in [0.2, 0.25) is 0 Å². The largest absolute Gasteiger partial charge is 0.302 e. The first kappa shape index (κ1) is 26.8. The SMILES string of the molecule is Cc1cc(C)c(S(=O)(=O)N2CCc3c(c(CN(C(=O)c4ccc(F)cc4)c4ccccc4)nn3C)C2)c(C)c1. The molecule has 1 aliphatic heterocycles. The van der Waals surface area contributed by atoms with Crippen LogP contribution in [-0.2, 0) is 36.6 Å². The van der Waals surface area contributed by atoms with Gasteiger partial charge < -0.3 is 4.90 Å². The topological polar surface area (TPSA) is 75.5 Å². The second kappa shape index (κ2) is 10.4. The van der Waals surface area contributed by atoms with Crippen LogP contribution in [0.5, 0.6) is 0 Å². The van der Waals surface area contributed by atoms with Crippen LogP contribution in [0.25, 0.3) is 0 Å². The van der Waals surface area contributed by atoms with E-state index in [1.807, 2.05) is 70.3 Å². The molecule has 5 rings (SSSR count). The standard InChI is InChI=1S/C30H31FN4O3S/c1-20-16-21(2)29(22(3)17-20)39(37,38)34-15-14-28-26(18-34)27(32-33(28)4)19-35(25-8-6-5-7-9-25)30(36)23-10-12-24(31)13-11-23/h5-13,16-17H,14-15,18-19H2,1-4H3. The summed E-state index contributed by atoms with van der Waals surface area (Å²) in [7, 11) is -1.91. The van der Waals surface area contributed by atoms with Crippen LogP contribution in [0.3, 0.4) is 0 Å². The summed E-state index contributed by atoms with van der Waals surface area (Å²) >= 11 is 0. The van der Waals surface area contributed by atoms with E-state index in [1.54, 1.807) is 9.58 Å². The quantitative estimate of drug-likeness (QED) is 0.338. The highest BCUT2D eigenvalue weighted by atomic mass is 32.2. The van der Waals surface area contributed by atoms with E-state index in [4.69, 9.17) is 5.10 Å². The van der Waals surface area contributed by atoms with Gasteiger partial charge in [-0.1, -0.05) is 35.9 Å². The lowest BCUT2D eigenvalue weighted by molar-refractivity contribution is 0.0984. The minimum atomic E-state index is -3.75. The first-order valence-corrected chi connectivity index (χ1v) is 14.2. The smallest absolute Gasteiger partial charge is 0.258 e. The van der Waals surface area contributed by atoms with Crippen molar-refractivity contribution in [2.24, 2.45) is 7.05 Å². The molecule has 1 aromatic heterocycles. The molecule has 0 unspecified atom stereocenters. The average molecular weight is 547 g/mol. The van der Waals surface area contributed by atoms with E-state index < -0.39 is 15.8 Å². The van der Waals surface area contributed by atoms with Crippen LogP contribution in [-0.4, -0.2) is 35.0 Å². The predicted molar refractivity (Wildman–Crippen MR) is 149 cm³/mol. The number of para-hydroxylation sites is 1. The zero-order chi connectivity index (χ0) is 27.9. The van der Waals surface area contributed by atoms with Crippen LogP contribution < -0.4 is 4.90 Å². The van der Waals surface area contributed by atoms with E-state index in [0.29, 0.717) is 34.8 Å². The van der Waals surface area contributed by atoms with Gasteiger partial charge in [-0.2, -0.15) is 9.40 Å². The molecule has 39 heavy (non-hydrogen) atoms. The number of hydrogen-bond acceptors (Lipinski definition) is 4. The number of hydrogen-bond donors (Lipinski definition) is 0. The number of nitrogens with zero attached hydrogens (tertiary/aromatic N) is 4. The molecular weight excluding hydrogens is 515 g/mol. The Morgan fingerprint density at radius 3 is 2.28 bits per heavy atom. The van der Waals surface area contributed by atoms with E-state index in [1.165, 1.54) is 28.6 Å². The highest BCUT2D eigenvalue weighted by Crippen LogP contribution is 2.32. The number of halogens is 1. The van der Waals surface area contributed by atoms with Crippen molar-refractivity contribution in [2.75, 3.05) is 11.4 Å². The van der Waals surface area contributed by atoms with Gasteiger partial charge in [0, 0.05) is 49.1 Å². The van der Waals surface area contributed by atoms with Crippen LogP contribution in [0.4, 0.5) is 10.1 Å². The highest BCUT2D eigenvalue weighted by Gasteiger charge is 2.34. The van der Waals surface area contributed by atoms with E-state index >= 15 is 0 Å². The zero-order valence-corrected chi connectivity index (χ0v) is 23.3. The summed E-state index contributed by atoms with van der Waals surface area (Å²) in [5.74, 6) is -0.719. The molecule has 0 N–H and O–H groups in total. The molecule has 0 bridgehead atoms. The molecular formula is C30H31FN4O3S. The Bertz CT molecular complexity index is 1620. The number of benzene rings is 3. The van der Waals surface area contributed by atoms with Gasteiger partial charge in [-0.15, -0.1) is 0 Å². The molecule has 0 radical (unpaired) electrons. The molecule has 0 saturated carbocycles. The number of aryl methyl sites for hydroxylation is 4. The predicted octanol–water partition coefficient (Wildman–Crippen LogP) is 5.08. The van der Waals surface area contributed by atoms with Crippen LogP contribution in [0, 0.1) is 26.6 Å². The molecule has 4 aromatic rings. The lowest BCUT2D eigenvalue weighted by Crippen LogP contribution is -2.37. The fourth-order valence-corrected chi connectivity index (χ4v) is 7.29. The molecule has 1 aliphatic rings. The molecule has 0 atom stereocenters. The van der Waals surface area contributed by atoms with Crippen LogP contribution >= 0.6 is 0 Å². The molecule has 1 amide bonds. The van der Waals surface area contributed by atoms with Gasteiger partial charge in [-0.25, -0.2) is 12.8 Å². The Balaban J connectivity index is 1.51. The van der Waals surface area contributed by atoms with Gasteiger partial charge in [0.05, 0.1) is 17.1 Å². The van der Waals surface area contributed by atoms with Crippen molar-refractivity contribution in [1.82, 2.24) is 14.1 Å². The Morgan fingerprint density at radius 2 is 1.64 bits per heavy atom. The molecule has 9 heteroatoms. The first-order valence-electron chi connectivity index (χ1n) is 12.8. The van der Waals surface area contributed by atoms with Gasteiger partial charge >= 0.3 is 0 Å². The fourth-order valence-electron chi connectivity index (χ4n) is 5.47. The lowest BCUT2D eigenvalue weighted by Gasteiger charge is -2.29. The summed E-state index contributed by atoms with van der Waals surface area (Å²) in [4.78, 5) is 15.6. The van der Waals surface area contributed by atoms with Crippen molar-refractivity contribution in [1.29, 1.82) is 0 Å². The minimum absolute atomic E-state index is 0.139. The Kier molecular flexibility index (Phi) is 7.13. The van der Waals surface area contributed by atoms with E-state index in [9.17, 15) is 17.6 Å². The second-order valence-electron chi connectivity index (χ2n) is 10.0. The lowest BCUT2D eigenvalue weighted by atomic mass is 10.1. The van der Waals surface area contributed by atoms with Crippen LogP contribution in [0.1, 0.15) is 44.0 Å². The maximum absolute atomic E-state index is 13.8. The third-order valence-electron chi connectivity index (χ3n) is 7.21. The van der Waals surface area contributed by atoms with Crippen molar-refractivity contribution in [2.45, 2.75) is 45.2 Å². The maximum atomic E-state index is 13.8. The molecule has 0 fully saturated rings. The second-order valence-corrected chi connectivity index (χ2v) is 11.9. The number of carbonyl (C=O) groups is 1. The van der Waals surface area contributed by atoms with E-state index in [2.05, 4.69) is 0 Å². The monoisotopic (exact) mass is 546 g/mol. The Hall–Kier alpha value is -3.82. The summed E-state index contributed by atoms with van der Waals surface area (Å²) in [5.41, 5.74) is 5.88. The van der Waals surface area contributed by atoms with Gasteiger partial charge in [0.25, 0.3) is 5.91 Å². The van der Waals surface area contributed by atoms with Crippen molar-refractivity contribution < 1.29 is 17.6 Å². The summed E-state index contributed by atoms with van der Waals surface area (Å²) < 4.78 is 44.5. The number of sulfonamides is 1. The van der Waals surface area contributed by atoms with Crippen LogP contribution in [0.15, 0.2) is 71.6 Å².